The van der Waals surface area contributed by atoms with E-state index in [9.17, 15) is 4.79 Å². The summed E-state index contributed by atoms with van der Waals surface area (Å²) in [7, 11) is 0. The number of anilines is 1. The zero-order chi connectivity index (χ0) is 12.5. The van der Waals surface area contributed by atoms with E-state index in [2.05, 4.69) is 10.3 Å². The number of fused-ring (bicyclic) bond motifs is 1. The molecular weight excluding hydrogens is 264 g/mol. The Kier molecular flexibility index (Phi) is 3.18. The molecular formula is C13H14N2OS2. The summed E-state index contributed by atoms with van der Waals surface area (Å²) in [6, 6.07) is 1.96. The Hall–Kier alpha value is -1.20. The van der Waals surface area contributed by atoms with E-state index < -0.39 is 0 Å². The Bertz CT molecular complexity index is 562. The highest BCUT2D eigenvalue weighted by atomic mass is 32.1. The lowest BCUT2D eigenvalue weighted by atomic mass is 10.0. The van der Waals surface area contributed by atoms with Crippen LogP contribution in [0.5, 0.6) is 0 Å². The van der Waals surface area contributed by atoms with Crippen LogP contribution in [0.15, 0.2) is 11.4 Å². The molecule has 1 aliphatic rings. The number of carbonyl (C=O) groups excluding carboxylic acids is 1. The Balaban J connectivity index is 1.79. The molecule has 0 fully saturated rings. The van der Waals surface area contributed by atoms with Crippen LogP contribution in [0.25, 0.3) is 0 Å². The van der Waals surface area contributed by atoms with E-state index in [0.717, 1.165) is 28.4 Å². The summed E-state index contributed by atoms with van der Waals surface area (Å²) < 4.78 is 0. The van der Waals surface area contributed by atoms with Crippen molar-refractivity contribution in [2.24, 2.45) is 0 Å². The first-order valence-corrected chi connectivity index (χ1v) is 7.77. The normalized spacial score (nSPS) is 14.3. The SMILES string of the molecule is Cc1ccsc1C(=O)Nc1nc2c(s1)CCCC2. The fraction of sp³-hybridized carbons (Fsp3) is 0.385. The maximum Gasteiger partial charge on any atom is 0.267 e. The number of hydrogen-bond acceptors (Lipinski definition) is 4. The Morgan fingerprint density at radius 2 is 2.22 bits per heavy atom. The number of carbonyl (C=O) groups is 1. The first-order valence-electron chi connectivity index (χ1n) is 6.08. The molecule has 2 aromatic rings. The van der Waals surface area contributed by atoms with Gasteiger partial charge in [0.2, 0.25) is 0 Å². The molecule has 0 atom stereocenters. The van der Waals surface area contributed by atoms with Crippen molar-refractivity contribution in [3.05, 3.63) is 32.5 Å². The maximum absolute atomic E-state index is 12.1. The summed E-state index contributed by atoms with van der Waals surface area (Å²) in [6.07, 6.45) is 4.63. The summed E-state index contributed by atoms with van der Waals surface area (Å²) >= 11 is 3.10. The van der Waals surface area contributed by atoms with Gasteiger partial charge in [-0.15, -0.1) is 22.7 Å². The van der Waals surface area contributed by atoms with Gasteiger partial charge in [-0.2, -0.15) is 0 Å². The van der Waals surface area contributed by atoms with Crippen molar-refractivity contribution in [1.29, 1.82) is 0 Å². The lowest BCUT2D eigenvalue weighted by molar-refractivity contribution is 0.103. The van der Waals surface area contributed by atoms with Gasteiger partial charge < -0.3 is 0 Å². The number of hydrogen-bond donors (Lipinski definition) is 1. The highest BCUT2D eigenvalue weighted by Gasteiger charge is 2.17. The lowest BCUT2D eigenvalue weighted by Gasteiger charge is -2.06. The number of thiazole rings is 1. The number of nitrogens with zero attached hydrogens (tertiary/aromatic N) is 1. The summed E-state index contributed by atoms with van der Waals surface area (Å²) in [5.41, 5.74) is 2.21. The summed E-state index contributed by atoms with van der Waals surface area (Å²) in [4.78, 5) is 18.7. The van der Waals surface area contributed by atoms with Gasteiger partial charge >= 0.3 is 0 Å². The first-order chi connectivity index (χ1) is 8.74. The molecule has 2 heterocycles. The average molecular weight is 278 g/mol. The smallest absolute Gasteiger partial charge is 0.267 e. The highest BCUT2D eigenvalue weighted by Crippen LogP contribution is 2.30. The molecule has 1 amide bonds. The molecule has 94 valence electrons. The minimum Gasteiger partial charge on any atom is -0.297 e. The average Bonchev–Trinajstić information content (AvgIpc) is 2.94. The van der Waals surface area contributed by atoms with Crippen molar-refractivity contribution >= 4 is 33.7 Å². The molecule has 0 radical (unpaired) electrons. The Labute approximate surface area is 114 Å². The van der Waals surface area contributed by atoms with Gasteiger partial charge in [0.05, 0.1) is 10.6 Å². The van der Waals surface area contributed by atoms with Crippen LogP contribution >= 0.6 is 22.7 Å². The minimum atomic E-state index is -0.0337. The number of nitrogens with one attached hydrogen (secondary N) is 1. The highest BCUT2D eigenvalue weighted by molar-refractivity contribution is 7.16. The second-order valence-electron chi connectivity index (χ2n) is 4.48. The van der Waals surface area contributed by atoms with Crippen molar-refractivity contribution < 1.29 is 4.79 Å². The molecule has 0 aromatic carbocycles. The largest absolute Gasteiger partial charge is 0.297 e. The summed E-state index contributed by atoms with van der Waals surface area (Å²) in [5.74, 6) is -0.0337. The van der Waals surface area contributed by atoms with Crippen LogP contribution in [0.2, 0.25) is 0 Å². The van der Waals surface area contributed by atoms with Gasteiger partial charge in [-0.1, -0.05) is 0 Å². The summed E-state index contributed by atoms with van der Waals surface area (Å²) in [6.45, 7) is 1.96. The molecule has 0 saturated carbocycles. The zero-order valence-electron chi connectivity index (χ0n) is 10.2. The number of rotatable bonds is 2. The van der Waals surface area contributed by atoms with Crippen LogP contribution < -0.4 is 5.32 Å². The van der Waals surface area contributed by atoms with Crippen LogP contribution in [-0.4, -0.2) is 10.9 Å². The fourth-order valence-corrected chi connectivity index (χ4v) is 4.03. The van der Waals surface area contributed by atoms with Crippen molar-refractivity contribution in [3.63, 3.8) is 0 Å². The van der Waals surface area contributed by atoms with E-state index in [1.165, 1.54) is 34.7 Å². The van der Waals surface area contributed by atoms with E-state index in [0.29, 0.717) is 0 Å². The fourth-order valence-electron chi connectivity index (χ4n) is 2.16. The van der Waals surface area contributed by atoms with Gasteiger partial charge in [0.1, 0.15) is 0 Å². The van der Waals surface area contributed by atoms with Gasteiger partial charge in [0, 0.05) is 4.88 Å². The molecule has 2 aromatic heterocycles. The monoisotopic (exact) mass is 278 g/mol. The molecule has 0 spiro atoms. The second-order valence-corrected chi connectivity index (χ2v) is 6.48. The van der Waals surface area contributed by atoms with Crippen LogP contribution in [0.4, 0.5) is 5.13 Å². The predicted molar refractivity (Wildman–Crippen MR) is 75.8 cm³/mol. The predicted octanol–water partition coefficient (Wildman–Crippen LogP) is 3.64. The first kappa shape index (κ1) is 11.9. The molecule has 5 heteroatoms. The molecule has 3 nitrogen and oxygen atoms in total. The number of thiophene rings is 1. The molecule has 0 saturated heterocycles. The number of amides is 1. The third kappa shape index (κ3) is 2.20. The van der Waals surface area contributed by atoms with Gasteiger partial charge in [-0.25, -0.2) is 4.98 Å². The molecule has 0 aliphatic heterocycles. The van der Waals surface area contributed by atoms with Crippen molar-refractivity contribution in [2.45, 2.75) is 32.6 Å². The molecule has 1 aliphatic carbocycles. The van der Waals surface area contributed by atoms with Gasteiger partial charge in [-0.3, -0.25) is 10.1 Å². The number of aryl methyl sites for hydroxylation is 3. The van der Waals surface area contributed by atoms with Crippen LogP contribution in [0, 0.1) is 6.92 Å². The lowest BCUT2D eigenvalue weighted by Crippen LogP contribution is -2.11. The van der Waals surface area contributed by atoms with Crippen molar-refractivity contribution in [2.75, 3.05) is 5.32 Å². The molecule has 18 heavy (non-hydrogen) atoms. The molecule has 1 N–H and O–H groups in total. The van der Waals surface area contributed by atoms with Crippen LogP contribution in [0.3, 0.4) is 0 Å². The molecule has 0 bridgehead atoms. The van der Waals surface area contributed by atoms with Gasteiger partial charge in [0.25, 0.3) is 5.91 Å². The third-order valence-corrected chi connectivity index (χ3v) is 5.22. The topological polar surface area (TPSA) is 42.0 Å². The minimum absolute atomic E-state index is 0.0337. The van der Waals surface area contributed by atoms with E-state index >= 15 is 0 Å². The van der Waals surface area contributed by atoms with Crippen LogP contribution in [0.1, 0.15) is 38.6 Å². The molecule has 0 unspecified atom stereocenters. The zero-order valence-corrected chi connectivity index (χ0v) is 11.8. The molecule has 3 rings (SSSR count). The van der Waals surface area contributed by atoms with Crippen molar-refractivity contribution in [3.8, 4) is 0 Å². The Morgan fingerprint density at radius 1 is 1.39 bits per heavy atom. The number of aromatic nitrogens is 1. The van der Waals surface area contributed by atoms with Gasteiger partial charge in [0.15, 0.2) is 5.13 Å². The van der Waals surface area contributed by atoms with E-state index in [1.54, 1.807) is 11.3 Å². The van der Waals surface area contributed by atoms with E-state index in [-0.39, 0.29) is 5.91 Å². The van der Waals surface area contributed by atoms with Gasteiger partial charge in [-0.05, 0) is 49.6 Å². The van der Waals surface area contributed by atoms with Crippen LogP contribution in [-0.2, 0) is 12.8 Å². The van der Waals surface area contributed by atoms with Crippen molar-refractivity contribution in [1.82, 2.24) is 4.98 Å². The standard InChI is InChI=1S/C13H14N2OS2/c1-8-6-7-17-11(8)12(16)15-13-14-9-4-2-3-5-10(9)18-13/h6-7H,2-5H2,1H3,(H,14,15,16). The summed E-state index contributed by atoms with van der Waals surface area (Å²) in [5, 5.41) is 5.61. The maximum atomic E-state index is 12.1. The third-order valence-electron chi connectivity index (χ3n) is 3.13. The van der Waals surface area contributed by atoms with E-state index in [1.807, 2.05) is 18.4 Å². The second kappa shape index (κ2) is 4.82. The Morgan fingerprint density at radius 3 is 2.94 bits per heavy atom. The van der Waals surface area contributed by atoms with E-state index in [4.69, 9.17) is 0 Å². The quantitative estimate of drug-likeness (QED) is 0.911.